The minimum atomic E-state index is -1.19. The van der Waals surface area contributed by atoms with Gasteiger partial charge in [0.05, 0.1) is 19.8 Å². The molecular weight excluding hydrogens is 696 g/mol. The van der Waals surface area contributed by atoms with Crippen molar-refractivity contribution in [2.24, 2.45) is 47.2 Å². The monoisotopic (exact) mass is 742 g/mol. The molecule has 3 saturated heterocycles. The second kappa shape index (κ2) is 17.9. The zero-order valence-electron chi connectivity index (χ0n) is 26.9. The van der Waals surface area contributed by atoms with Gasteiger partial charge in [-0.05, 0) is 0 Å². The number of aliphatic imine (C=N–C) groups is 6. The molecule has 0 amide bonds. The maximum Gasteiger partial charge on any atom is 0.223 e. The molecule has 15 N–H and O–H groups in total. The van der Waals surface area contributed by atoms with E-state index < -0.39 is 93.4 Å². The fourth-order valence-corrected chi connectivity index (χ4v) is 5.19. The first kappa shape index (κ1) is 42.0. The van der Waals surface area contributed by atoms with Crippen molar-refractivity contribution in [3.8, 4) is 0 Å². The molecule has 0 aromatic carbocycles. The first-order valence-corrected chi connectivity index (χ1v) is 15.1. The zero-order chi connectivity index (χ0) is 37.7. The number of aliphatic hydroxyl groups excluding tert-OH is 9. The molecule has 6 heterocycles. The van der Waals surface area contributed by atoms with Crippen molar-refractivity contribution in [2.75, 3.05) is 19.8 Å². The lowest BCUT2D eigenvalue weighted by Gasteiger charge is -2.29. The Labute approximate surface area is 297 Å². The van der Waals surface area contributed by atoms with E-state index in [0.717, 1.165) is 0 Å². The van der Waals surface area contributed by atoms with Crippen molar-refractivity contribution in [3.63, 3.8) is 0 Å². The highest BCUT2D eigenvalue weighted by Gasteiger charge is 2.48. The summed E-state index contributed by atoms with van der Waals surface area (Å²) in [5.41, 5.74) is 16.1. The fourth-order valence-electron chi connectivity index (χ4n) is 5.19. The molecule has 6 rings (SSSR count). The number of rotatable bonds is 6. The van der Waals surface area contributed by atoms with Crippen LogP contribution in [0.2, 0.25) is 0 Å². The minimum absolute atomic E-state index is 0. The van der Waals surface area contributed by atoms with Crippen molar-refractivity contribution < 1.29 is 60.2 Å². The molecule has 0 saturated carbocycles. The molecule has 3 unspecified atom stereocenters. The molecule has 3 fully saturated rings. The minimum Gasteiger partial charge on any atom is -0.394 e. The van der Waals surface area contributed by atoms with Crippen LogP contribution in [-0.2, 0) is 14.2 Å². The topological polar surface area (TPSA) is 372 Å². The first-order chi connectivity index (χ1) is 24.1. The van der Waals surface area contributed by atoms with E-state index in [4.69, 9.17) is 46.7 Å². The van der Waals surface area contributed by atoms with Gasteiger partial charge in [-0.3, -0.25) is 14.7 Å². The number of nitrogens with zero attached hydrogens (tertiary/aromatic N) is 9. The standard InChI is InChI=1S/3C9H14N4O4.CH4/c3*1-4-12-9(10)11-3-13(4)8-7(16)6(15)5(2-14)17-8;/h3*3,5-8,14-16H,1-2H2,(H2,10,12);1H4/t3*5-,6?,7+,8-;/m111./s1. The molecule has 0 aliphatic carbocycles. The number of hydrogen-bond acceptors (Lipinski definition) is 24. The SMILES string of the molecule is C.C=C1N=C(N)N=CN1[C@@H]1O[C@H](CO)C(O)[C@@H]1O.C=C1N=C(N)N=CN1[C@@H]1O[C@H](CO)C(O)[C@@H]1O.C=C1N=C(N)N=CN1[C@@H]1O[C@H](CO)C(O)[C@@H]1O. The van der Waals surface area contributed by atoms with Crippen molar-refractivity contribution in [1.82, 2.24) is 14.7 Å². The summed E-state index contributed by atoms with van der Waals surface area (Å²) in [5, 5.41) is 85.0. The van der Waals surface area contributed by atoms with Crippen LogP contribution >= 0.6 is 0 Å². The lowest BCUT2D eigenvalue weighted by Crippen LogP contribution is -2.44. The lowest BCUT2D eigenvalue weighted by molar-refractivity contribution is -0.0607. The van der Waals surface area contributed by atoms with Crippen LogP contribution in [0.5, 0.6) is 0 Å². The van der Waals surface area contributed by atoms with Crippen molar-refractivity contribution in [3.05, 3.63) is 37.2 Å². The second-order valence-corrected chi connectivity index (χ2v) is 11.3. The highest BCUT2D eigenvalue weighted by atomic mass is 16.6. The Morgan fingerprint density at radius 3 is 0.904 bits per heavy atom. The van der Waals surface area contributed by atoms with Crippen LogP contribution in [0.1, 0.15) is 7.43 Å². The van der Waals surface area contributed by atoms with Gasteiger partial charge in [-0.1, -0.05) is 27.2 Å². The van der Waals surface area contributed by atoms with Gasteiger partial charge in [-0.2, -0.15) is 15.0 Å². The van der Waals surface area contributed by atoms with Crippen LogP contribution in [0.25, 0.3) is 0 Å². The predicted molar refractivity (Wildman–Crippen MR) is 183 cm³/mol. The number of aliphatic hydroxyl groups is 9. The molecular formula is C28H46N12O12. The Hall–Kier alpha value is -4.44. The molecule has 12 atom stereocenters. The van der Waals surface area contributed by atoms with Crippen LogP contribution in [-0.4, -0.2) is 191 Å². The van der Waals surface area contributed by atoms with Gasteiger partial charge >= 0.3 is 0 Å². The third kappa shape index (κ3) is 8.95. The van der Waals surface area contributed by atoms with E-state index in [1.54, 1.807) is 0 Å². The number of nitrogens with two attached hydrogens (primary N) is 3. The molecule has 24 nitrogen and oxygen atoms in total. The van der Waals surface area contributed by atoms with Gasteiger partial charge in [0.2, 0.25) is 17.9 Å². The fraction of sp³-hybridized carbons (Fsp3) is 0.571. The molecule has 52 heavy (non-hydrogen) atoms. The number of guanidine groups is 3. The average molecular weight is 743 g/mol. The Morgan fingerprint density at radius 2 is 0.731 bits per heavy atom. The molecule has 0 radical (unpaired) electrons. The Balaban J connectivity index is 0.000000208. The molecule has 24 heteroatoms. The predicted octanol–water partition coefficient (Wildman–Crippen LogP) is -6.70. The molecule has 0 bridgehead atoms. The van der Waals surface area contributed by atoms with E-state index in [1.165, 1.54) is 33.7 Å². The largest absolute Gasteiger partial charge is 0.394 e. The molecule has 0 spiro atoms. The summed E-state index contributed by atoms with van der Waals surface area (Å²) in [6.07, 6.45) is -8.38. The van der Waals surface area contributed by atoms with Crippen molar-refractivity contribution in [1.29, 1.82) is 0 Å². The highest BCUT2D eigenvalue weighted by molar-refractivity contribution is 5.90. The summed E-state index contributed by atoms with van der Waals surface area (Å²) in [5.74, 6) is 0.890. The van der Waals surface area contributed by atoms with Crippen molar-refractivity contribution in [2.45, 2.75) is 81.0 Å². The van der Waals surface area contributed by atoms with E-state index in [0.29, 0.717) is 0 Å². The smallest absolute Gasteiger partial charge is 0.223 e. The maximum atomic E-state index is 9.78. The van der Waals surface area contributed by atoms with E-state index in [2.05, 4.69) is 49.7 Å². The van der Waals surface area contributed by atoms with E-state index in [-0.39, 0.29) is 42.8 Å². The molecule has 0 aromatic heterocycles. The summed E-state index contributed by atoms with van der Waals surface area (Å²) in [4.78, 5) is 26.7. The van der Waals surface area contributed by atoms with Crippen molar-refractivity contribution >= 4 is 36.9 Å². The normalized spacial score (nSPS) is 36.8. The summed E-state index contributed by atoms with van der Waals surface area (Å²) >= 11 is 0. The van der Waals surface area contributed by atoms with Gasteiger partial charge in [0, 0.05) is 0 Å². The van der Waals surface area contributed by atoms with Crippen LogP contribution in [0.15, 0.2) is 67.2 Å². The quantitative estimate of drug-likeness (QED) is 0.120. The Morgan fingerprint density at radius 1 is 0.500 bits per heavy atom. The molecule has 6 aliphatic rings. The third-order valence-electron chi connectivity index (χ3n) is 7.94. The summed E-state index contributed by atoms with van der Waals surface area (Å²) in [6.45, 7) is 9.72. The lowest BCUT2D eigenvalue weighted by atomic mass is 10.1. The molecule has 0 aromatic rings. The number of hydrogen-bond donors (Lipinski definition) is 12. The van der Waals surface area contributed by atoms with Crippen LogP contribution in [0, 0.1) is 0 Å². The zero-order valence-corrected chi connectivity index (χ0v) is 26.9. The highest BCUT2D eigenvalue weighted by Crippen LogP contribution is 2.28. The summed E-state index contributed by atoms with van der Waals surface area (Å²) < 4.78 is 15.9. The van der Waals surface area contributed by atoms with E-state index in [1.807, 2.05) is 0 Å². The van der Waals surface area contributed by atoms with Gasteiger partial charge < -0.3 is 77.4 Å². The second-order valence-electron chi connectivity index (χ2n) is 11.3. The van der Waals surface area contributed by atoms with Crippen LogP contribution in [0.3, 0.4) is 0 Å². The molecule has 290 valence electrons. The van der Waals surface area contributed by atoms with Crippen LogP contribution < -0.4 is 17.2 Å². The van der Waals surface area contributed by atoms with Gasteiger partial charge in [0.15, 0.2) is 18.7 Å². The number of ether oxygens (including phenoxy) is 3. The van der Waals surface area contributed by atoms with Crippen LogP contribution in [0.4, 0.5) is 0 Å². The third-order valence-corrected chi connectivity index (χ3v) is 7.94. The van der Waals surface area contributed by atoms with E-state index >= 15 is 0 Å². The molecule has 6 aliphatic heterocycles. The first-order valence-electron chi connectivity index (χ1n) is 15.1. The van der Waals surface area contributed by atoms with Gasteiger partial charge in [0.1, 0.15) is 91.4 Å². The average Bonchev–Trinajstić information content (AvgIpc) is 3.66. The Kier molecular flexibility index (Phi) is 14.4. The van der Waals surface area contributed by atoms with Gasteiger partial charge in [0.25, 0.3) is 0 Å². The van der Waals surface area contributed by atoms with Gasteiger partial charge in [-0.25, -0.2) is 15.0 Å². The maximum absolute atomic E-state index is 9.78. The summed E-state index contributed by atoms with van der Waals surface area (Å²) in [6, 6.07) is 0. The Bertz CT molecular complexity index is 1320. The van der Waals surface area contributed by atoms with Gasteiger partial charge in [-0.15, -0.1) is 0 Å². The summed E-state index contributed by atoms with van der Waals surface area (Å²) in [7, 11) is 0. The van der Waals surface area contributed by atoms with E-state index in [9.17, 15) is 30.6 Å².